The van der Waals surface area contributed by atoms with E-state index in [1.54, 1.807) is 17.0 Å². The van der Waals surface area contributed by atoms with E-state index in [9.17, 15) is 9.59 Å². The third-order valence-corrected chi connectivity index (χ3v) is 4.37. The van der Waals surface area contributed by atoms with E-state index in [1.165, 1.54) is 5.57 Å². The average molecular weight is 322 g/mol. The molecule has 1 atom stereocenters. The molecule has 0 aliphatic heterocycles. The van der Waals surface area contributed by atoms with Crippen LogP contribution in [-0.4, -0.2) is 43.9 Å². The van der Waals surface area contributed by atoms with Gasteiger partial charge in [0.1, 0.15) is 0 Å². The second kappa shape index (κ2) is 7.42. The standard InChI is InChI=1S/C16H20ClN3O2/c1-12-15(18-10-21)9-16(12)19(2)7-8-20(11-22)14-5-3-13(17)4-6-14/h3-6,10-11,16H,7-9H2,1-2H3,(H,18,21). The summed E-state index contributed by atoms with van der Waals surface area (Å²) in [6.07, 6.45) is 2.38. The number of rotatable bonds is 8. The highest BCUT2D eigenvalue weighted by Crippen LogP contribution is 2.29. The normalized spacial score (nSPS) is 17.2. The Morgan fingerprint density at radius 3 is 2.50 bits per heavy atom. The van der Waals surface area contributed by atoms with Gasteiger partial charge in [0.05, 0.1) is 0 Å². The van der Waals surface area contributed by atoms with E-state index in [2.05, 4.69) is 10.2 Å². The number of amides is 2. The zero-order valence-corrected chi connectivity index (χ0v) is 13.5. The highest BCUT2D eigenvalue weighted by atomic mass is 35.5. The maximum absolute atomic E-state index is 11.3. The fourth-order valence-corrected chi connectivity index (χ4v) is 2.73. The minimum Gasteiger partial charge on any atom is -0.332 e. The minimum atomic E-state index is 0.321. The smallest absolute Gasteiger partial charge is 0.214 e. The highest BCUT2D eigenvalue weighted by Gasteiger charge is 2.29. The van der Waals surface area contributed by atoms with Gasteiger partial charge in [0.15, 0.2) is 0 Å². The molecule has 1 aliphatic carbocycles. The van der Waals surface area contributed by atoms with Gasteiger partial charge in [0.25, 0.3) is 0 Å². The predicted octanol–water partition coefficient (Wildman–Crippen LogP) is 2.03. The van der Waals surface area contributed by atoms with Crippen molar-refractivity contribution in [1.29, 1.82) is 0 Å². The number of benzene rings is 1. The number of likely N-dealkylation sites (N-methyl/N-ethyl adjacent to an activating group) is 1. The quantitative estimate of drug-likeness (QED) is 0.745. The summed E-state index contributed by atoms with van der Waals surface area (Å²) in [6, 6.07) is 7.52. The Balaban J connectivity index is 1.90. The molecular formula is C16H20ClN3O2. The van der Waals surface area contributed by atoms with E-state index in [-0.39, 0.29) is 0 Å². The van der Waals surface area contributed by atoms with Gasteiger partial charge in [-0.1, -0.05) is 11.6 Å². The number of carbonyl (C=O) groups is 2. The number of hydrogen-bond acceptors (Lipinski definition) is 3. The second-order valence-electron chi connectivity index (χ2n) is 5.40. The van der Waals surface area contributed by atoms with Crippen molar-refractivity contribution in [2.45, 2.75) is 19.4 Å². The predicted molar refractivity (Wildman–Crippen MR) is 87.8 cm³/mol. The van der Waals surface area contributed by atoms with Crippen LogP contribution in [0.4, 0.5) is 5.69 Å². The largest absolute Gasteiger partial charge is 0.332 e. The van der Waals surface area contributed by atoms with Gasteiger partial charge >= 0.3 is 0 Å². The molecule has 1 unspecified atom stereocenters. The Kier molecular flexibility index (Phi) is 5.57. The van der Waals surface area contributed by atoms with Gasteiger partial charge in [0.2, 0.25) is 12.8 Å². The molecule has 0 saturated heterocycles. The van der Waals surface area contributed by atoms with Gasteiger partial charge < -0.3 is 10.2 Å². The molecule has 0 bridgehead atoms. The molecular weight excluding hydrogens is 302 g/mol. The summed E-state index contributed by atoms with van der Waals surface area (Å²) in [5.74, 6) is 0. The molecule has 2 rings (SSSR count). The van der Waals surface area contributed by atoms with Crippen molar-refractivity contribution in [3.63, 3.8) is 0 Å². The zero-order valence-electron chi connectivity index (χ0n) is 12.8. The minimum absolute atomic E-state index is 0.321. The molecule has 0 heterocycles. The van der Waals surface area contributed by atoms with Gasteiger partial charge in [-0.2, -0.15) is 0 Å². The molecule has 1 N–H and O–H groups in total. The van der Waals surface area contributed by atoms with Crippen molar-refractivity contribution in [2.24, 2.45) is 0 Å². The van der Waals surface area contributed by atoms with Crippen molar-refractivity contribution in [2.75, 3.05) is 25.0 Å². The van der Waals surface area contributed by atoms with Crippen LogP contribution in [0.2, 0.25) is 5.02 Å². The van der Waals surface area contributed by atoms with Crippen molar-refractivity contribution >= 4 is 30.1 Å². The average Bonchev–Trinajstić information content (AvgIpc) is 2.52. The number of nitrogens with zero attached hydrogens (tertiary/aromatic N) is 2. The molecule has 22 heavy (non-hydrogen) atoms. The molecule has 0 fully saturated rings. The molecule has 118 valence electrons. The van der Waals surface area contributed by atoms with E-state index in [1.807, 2.05) is 26.1 Å². The number of anilines is 1. The van der Waals surface area contributed by atoms with Crippen LogP contribution in [0.1, 0.15) is 13.3 Å². The zero-order chi connectivity index (χ0) is 16.1. The molecule has 1 aromatic carbocycles. The van der Waals surface area contributed by atoms with Gasteiger partial charge in [-0.05, 0) is 43.8 Å². The number of halogens is 1. The maximum Gasteiger partial charge on any atom is 0.214 e. The lowest BCUT2D eigenvalue weighted by Crippen LogP contribution is -2.45. The number of carbonyl (C=O) groups excluding carboxylic acids is 2. The van der Waals surface area contributed by atoms with E-state index >= 15 is 0 Å². The SMILES string of the molecule is CC1=C(NC=O)CC1N(C)CCN(C=O)c1ccc(Cl)cc1. The highest BCUT2D eigenvalue weighted by molar-refractivity contribution is 6.30. The number of hydrogen-bond donors (Lipinski definition) is 1. The van der Waals surface area contributed by atoms with Crippen molar-refractivity contribution in [1.82, 2.24) is 10.2 Å². The maximum atomic E-state index is 11.3. The second-order valence-corrected chi connectivity index (χ2v) is 5.84. The van der Waals surface area contributed by atoms with Crippen molar-refractivity contribution < 1.29 is 9.59 Å². The Hall–Kier alpha value is -1.85. The first-order chi connectivity index (χ1) is 10.6. The Morgan fingerprint density at radius 2 is 1.95 bits per heavy atom. The molecule has 5 nitrogen and oxygen atoms in total. The van der Waals surface area contributed by atoms with Crippen LogP contribution in [0.15, 0.2) is 35.5 Å². The third kappa shape index (κ3) is 3.67. The van der Waals surface area contributed by atoms with Crippen LogP contribution in [0.5, 0.6) is 0 Å². The Labute approximate surface area is 135 Å². The lowest BCUT2D eigenvalue weighted by molar-refractivity contribution is -0.109. The first-order valence-electron chi connectivity index (χ1n) is 7.14. The first-order valence-corrected chi connectivity index (χ1v) is 7.52. The Bertz CT molecular complexity index is 571. The fraction of sp³-hybridized carbons (Fsp3) is 0.375. The van der Waals surface area contributed by atoms with Crippen LogP contribution >= 0.6 is 11.6 Å². The topological polar surface area (TPSA) is 52.7 Å². The Morgan fingerprint density at radius 1 is 1.27 bits per heavy atom. The number of nitrogens with one attached hydrogen (secondary N) is 1. The molecule has 0 spiro atoms. The van der Waals surface area contributed by atoms with Gasteiger partial charge in [-0.25, -0.2) is 0 Å². The summed E-state index contributed by atoms with van der Waals surface area (Å²) in [7, 11) is 2.02. The van der Waals surface area contributed by atoms with Crippen LogP contribution in [-0.2, 0) is 9.59 Å². The van der Waals surface area contributed by atoms with E-state index in [0.29, 0.717) is 24.0 Å². The molecule has 6 heteroatoms. The summed E-state index contributed by atoms with van der Waals surface area (Å²) in [5.41, 5.74) is 3.01. The molecule has 1 aliphatic rings. The molecule has 0 saturated carbocycles. The lowest BCUT2D eigenvalue weighted by Gasteiger charge is -2.38. The van der Waals surface area contributed by atoms with Gasteiger partial charge in [0, 0.05) is 42.0 Å². The molecule has 2 amide bonds. The molecule has 0 radical (unpaired) electrons. The molecule has 0 aromatic heterocycles. The lowest BCUT2D eigenvalue weighted by atomic mass is 9.88. The summed E-state index contributed by atoms with van der Waals surface area (Å²) in [6.45, 7) is 3.37. The summed E-state index contributed by atoms with van der Waals surface area (Å²) >= 11 is 5.86. The van der Waals surface area contributed by atoms with E-state index in [4.69, 9.17) is 11.6 Å². The summed E-state index contributed by atoms with van der Waals surface area (Å²) in [5, 5.41) is 3.37. The van der Waals surface area contributed by atoms with Crippen molar-refractivity contribution in [3.05, 3.63) is 40.6 Å². The fourth-order valence-electron chi connectivity index (χ4n) is 2.60. The summed E-state index contributed by atoms with van der Waals surface area (Å²) < 4.78 is 0. The summed E-state index contributed by atoms with van der Waals surface area (Å²) in [4.78, 5) is 25.6. The van der Waals surface area contributed by atoms with Gasteiger partial charge in [-0.15, -0.1) is 0 Å². The van der Waals surface area contributed by atoms with Gasteiger partial charge in [-0.3, -0.25) is 14.5 Å². The first kappa shape index (κ1) is 16.5. The van der Waals surface area contributed by atoms with Crippen LogP contribution < -0.4 is 10.2 Å². The molecule has 1 aromatic rings. The van der Waals surface area contributed by atoms with E-state index in [0.717, 1.165) is 30.8 Å². The van der Waals surface area contributed by atoms with Crippen LogP contribution in [0.25, 0.3) is 0 Å². The van der Waals surface area contributed by atoms with Crippen LogP contribution in [0.3, 0.4) is 0 Å². The van der Waals surface area contributed by atoms with E-state index < -0.39 is 0 Å². The monoisotopic (exact) mass is 321 g/mol. The van der Waals surface area contributed by atoms with Crippen molar-refractivity contribution in [3.8, 4) is 0 Å². The third-order valence-electron chi connectivity index (χ3n) is 4.12. The van der Waals surface area contributed by atoms with Crippen LogP contribution in [0, 0.1) is 0 Å².